The number of rotatable bonds is 3. The number of para-hydroxylation sites is 1. The molecule has 0 saturated carbocycles. The molecule has 1 N–H and O–H groups in total. The van der Waals surface area contributed by atoms with E-state index in [1.807, 2.05) is 0 Å². The van der Waals surface area contributed by atoms with Gasteiger partial charge in [0.05, 0.1) is 10.2 Å². The number of benzene rings is 1. The first kappa shape index (κ1) is 12.9. The normalized spacial score (nSPS) is 18.6. The topological polar surface area (TPSA) is 34.1 Å². The van der Waals surface area contributed by atoms with Crippen molar-refractivity contribution in [2.45, 2.75) is 26.7 Å². The maximum absolute atomic E-state index is 5.44. The van der Waals surface area contributed by atoms with Crippen LogP contribution in [0.1, 0.15) is 25.3 Å². The van der Waals surface area contributed by atoms with Crippen molar-refractivity contribution in [3.8, 4) is 0 Å². The zero-order chi connectivity index (χ0) is 13.3. The van der Waals surface area contributed by atoms with Crippen LogP contribution >= 0.6 is 11.3 Å². The lowest BCUT2D eigenvalue weighted by Crippen LogP contribution is -2.33. The Kier molecular flexibility index (Phi) is 3.46. The number of anilines is 1. The van der Waals surface area contributed by atoms with Gasteiger partial charge in [-0.05, 0) is 36.8 Å². The van der Waals surface area contributed by atoms with Crippen molar-refractivity contribution in [1.29, 1.82) is 0 Å². The molecule has 0 radical (unpaired) electrons. The Hall–Kier alpha value is -1.13. The highest BCUT2D eigenvalue weighted by Crippen LogP contribution is 2.32. The minimum Gasteiger partial charge on any atom is -0.381 e. The molecule has 4 heteroatoms. The molecular weight excluding hydrogens is 256 g/mol. The van der Waals surface area contributed by atoms with Crippen LogP contribution in [0, 0.1) is 12.3 Å². The average molecular weight is 276 g/mol. The number of nitrogens with zero attached hydrogens (tertiary/aromatic N) is 1. The highest BCUT2D eigenvalue weighted by molar-refractivity contribution is 7.22. The molecule has 0 spiro atoms. The second-order valence-corrected chi connectivity index (χ2v) is 6.75. The van der Waals surface area contributed by atoms with Gasteiger partial charge < -0.3 is 10.1 Å². The SMILES string of the molecule is Cc1cccc2sc(NCC3(C)CCOCC3)nc12. The minimum atomic E-state index is 0.338. The Balaban J connectivity index is 1.73. The molecule has 1 aliphatic rings. The fourth-order valence-electron chi connectivity index (χ4n) is 2.49. The second kappa shape index (κ2) is 5.10. The van der Waals surface area contributed by atoms with E-state index in [1.165, 1.54) is 10.3 Å². The fourth-order valence-corrected chi connectivity index (χ4v) is 3.43. The quantitative estimate of drug-likeness (QED) is 0.925. The van der Waals surface area contributed by atoms with Crippen molar-refractivity contribution in [3.63, 3.8) is 0 Å². The lowest BCUT2D eigenvalue weighted by molar-refractivity contribution is 0.0300. The summed E-state index contributed by atoms with van der Waals surface area (Å²) in [6, 6.07) is 6.35. The molecule has 3 rings (SSSR count). The van der Waals surface area contributed by atoms with Gasteiger partial charge in [0.2, 0.25) is 0 Å². The molecule has 1 aromatic heterocycles. The van der Waals surface area contributed by atoms with Crippen molar-refractivity contribution in [3.05, 3.63) is 23.8 Å². The van der Waals surface area contributed by atoms with E-state index >= 15 is 0 Å². The second-order valence-electron chi connectivity index (χ2n) is 5.72. The Labute approximate surface area is 118 Å². The van der Waals surface area contributed by atoms with Gasteiger partial charge in [0.15, 0.2) is 5.13 Å². The standard InChI is InChI=1S/C15H20N2OS/c1-11-4-3-5-12-13(11)17-14(19-12)16-10-15(2)6-8-18-9-7-15/h3-5H,6-10H2,1-2H3,(H,16,17). The van der Waals surface area contributed by atoms with Crippen LogP contribution in [0.5, 0.6) is 0 Å². The molecule has 1 saturated heterocycles. The van der Waals surface area contributed by atoms with Crippen molar-refractivity contribution in [1.82, 2.24) is 4.98 Å². The van der Waals surface area contributed by atoms with Crippen molar-refractivity contribution >= 4 is 26.7 Å². The van der Waals surface area contributed by atoms with E-state index in [1.54, 1.807) is 11.3 Å². The van der Waals surface area contributed by atoms with Crippen LogP contribution in [-0.4, -0.2) is 24.7 Å². The predicted octanol–water partition coefficient (Wildman–Crippen LogP) is 3.83. The molecule has 1 fully saturated rings. The summed E-state index contributed by atoms with van der Waals surface area (Å²) < 4.78 is 6.70. The summed E-state index contributed by atoms with van der Waals surface area (Å²) in [6.07, 6.45) is 2.26. The number of ether oxygens (including phenoxy) is 1. The Morgan fingerprint density at radius 1 is 1.37 bits per heavy atom. The van der Waals surface area contributed by atoms with Gasteiger partial charge in [0.25, 0.3) is 0 Å². The van der Waals surface area contributed by atoms with Crippen LogP contribution < -0.4 is 5.32 Å². The summed E-state index contributed by atoms with van der Waals surface area (Å²) in [6.45, 7) is 7.20. The van der Waals surface area contributed by atoms with E-state index < -0.39 is 0 Å². The predicted molar refractivity (Wildman–Crippen MR) is 81.0 cm³/mol. The maximum Gasteiger partial charge on any atom is 0.183 e. The molecule has 3 nitrogen and oxygen atoms in total. The van der Waals surface area contributed by atoms with Crippen LogP contribution in [0.25, 0.3) is 10.2 Å². The molecule has 2 heterocycles. The number of thiazole rings is 1. The Morgan fingerprint density at radius 3 is 2.89 bits per heavy atom. The van der Waals surface area contributed by atoms with E-state index in [0.29, 0.717) is 5.41 Å². The first-order valence-corrected chi connectivity index (χ1v) is 7.66. The van der Waals surface area contributed by atoms with Crippen LogP contribution in [0.15, 0.2) is 18.2 Å². The monoisotopic (exact) mass is 276 g/mol. The molecule has 2 aromatic rings. The van der Waals surface area contributed by atoms with Gasteiger partial charge in [-0.3, -0.25) is 0 Å². The van der Waals surface area contributed by atoms with Gasteiger partial charge in [-0.25, -0.2) is 4.98 Å². The van der Waals surface area contributed by atoms with Crippen LogP contribution in [-0.2, 0) is 4.74 Å². The fraction of sp³-hybridized carbons (Fsp3) is 0.533. The van der Waals surface area contributed by atoms with Crippen LogP contribution in [0.3, 0.4) is 0 Å². The highest BCUT2D eigenvalue weighted by Gasteiger charge is 2.27. The largest absolute Gasteiger partial charge is 0.381 e. The van der Waals surface area contributed by atoms with Gasteiger partial charge in [-0.2, -0.15) is 0 Å². The number of hydrogen-bond donors (Lipinski definition) is 1. The summed E-state index contributed by atoms with van der Waals surface area (Å²) in [5.74, 6) is 0. The van der Waals surface area contributed by atoms with E-state index in [0.717, 1.165) is 43.2 Å². The molecular formula is C15H20N2OS. The van der Waals surface area contributed by atoms with Crippen LogP contribution in [0.4, 0.5) is 5.13 Å². The molecule has 0 atom stereocenters. The van der Waals surface area contributed by atoms with Crippen molar-refractivity contribution in [2.75, 3.05) is 25.1 Å². The number of aromatic nitrogens is 1. The third-order valence-electron chi connectivity index (χ3n) is 3.99. The summed E-state index contributed by atoms with van der Waals surface area (Å²) in [5.41, 5.74) is 2.72. The number of fused-ring (bicyclic) bond motifs is 1. The third kappa shape index (κ3) is 2.74. The van der Waals surface area contributed by atoms with Crippen LogP contribution in [0.2, 0.25) is 0 Å². The highest BCUT2D eigenvalue weighted by atomic mass is 32.1. The molecule has 19 heavy (non-hydrogen) atoms. The Morgan fingerprint density at radius 2 is 2.16 bits per heavy atom. The van der Waals surface area contributed by atoms with Crippen molar-refractivity contribution < 1.29 is 4.74 Å². The maximum atomic E-state index is 5.44. The molecule has 1 aromatic carbocycles. The van der Waals surface area contributed by atoms with Gasteiger partial charge in [-0.15, -0.1) is 0 Å². The number of nitrogens with one attached hydrogen (secondary N) is 1. The first-order chi connectivity index (χ1) is 9.16. The lowest BCUT2D eigenvalue weighted by atomic mass is 9.82. The molecule has 102 valence electrons. The molecule has 0 aliphatic carbocycles. The van der Waals surface area contributed by atoms with E-state index in [2.05, 4.69) is 37.4 Å². The summed E-state index contributed by atoms with van der Waals surface area (Å²) in [4.78, 5) is 4.70. The number of aryl methyl sites for hydroxylation is 1. The summed E-state index contributed by atoms with van der Waals surface area (Å²) >= 11 is 1.75. The number of hydrogen-bond acceptors (Lipinski definition) is 4. The zero-order valence-corrected chi connectivity index (χ0v) is 12.3. The molecule has 0 unspecified atom stereocenters. The average Bonchev–Trinajstić information content (AvgIpc) is 2.82. The smallest absolute Gasteiger partial charge is 0.183 e. The van der Waals surface area contributed by atoms with E-state index in [-0.39, 0.29) is 0 Å². The van der Waals surface area contributed by atoms with E-state index in [4.69, 9.17) is 9.72 Å². The molecule has 1 aliphatic heterocycles. The summed E-state index contributed by atoms with van der Waals surface area (Å²) in [5, 5.41) is 4.56. The van der Waals surface area contributed by atoms with Gasteiger partial charge in [-0.1, -0.05) is 30.4 Å². The Bertz CT molecular complexity index is 573. The molecule has 0 bridgehead atoms. The third-order valence-corrected chi connectivity index (χ3v) is 4.97. The lowest BCUT2D eigenvalue weighted by Gasteiger charge is -2.33. The van der Waals surface area contributed by atoms with Gasteiger partial charge in [0.1, 0.15) is 0 Å². The van der Waals surface area contributed by atoms with Gasteiger partial charge >= 0.3 is 0 Å². The zero-order valence-electron chi connectivity index (χ0n) is 11.5. The molecule has 0 amide bonds. The van der Waals surface area contributed by atoms with E-state index in [9.17, 15) is 0 Å². The van der Waals surface area contributed by atoms with Crippen molar-refractivity contribution in [2.24, 2.45) is 5.41 Å². The first-order valence-electron chi connectivity index (χ1n) is 6.84. The summed E-state index contributed by atoms with van der Waals surface area (Å²) in [7, 11) is 0. The minimum absolute atomic E-state index is 0.338. The van der Waals surface area contributed by atoms with Gasteiger partial charge in [0, 0.05) is 19.8 Å².